The molecule has 28 heavy (non-hydrogen) atoms. The van der Waals surface area contributed by atoms with Crippen molar-refractivity contribution in [3.63, 3.8) is 0 Å². The normalized spacial score (nSPS) is 15.5. The molecule has 0 spiro atoms. The summed E-state index contributed by atoms with van der Waals surface area (Å²) >= 11 is 0. The van der Waals surface area contributed by atoms with Crippen LogP contribution in [-0.2, 0) is 6.18 Å². The highest BCUT2D eigenvalue weighted by atomic mass is 19.4. The first-order valence-corrected chi connectivity index (χ1v) is 8.84. The summed E-state index contributed by atoms with van der Waals surface area (Å²) in [5, 5.41) is 3.64. The third-order valence-corrected chi connectivity index (χ3v) is 4.53. The molecule has 1 saturated heterocycles. The molecule has 4 heterocycles. The third kappa shape index (κ3) is 3.43. The Morgan fingerprint density at radius 3 is 1.96 bits per heavy atom. The van der Waals surface area contributed by atoms with E-state index in [0.717, 1.165) is 11.4 Å². The van der Waals surface area contributed by atoms with Crippen LogP contribution in [0.2, 0.25) is 0 Å². The van der Waals surface area contributed by atoms with Crippen molar-refractivity contribution in [2.24, 2.45) is 0 Å². The maximum Gasteiger partial charge on any atom is 0.453 e. The van der Waals surface area contributed by atoms with Gasteiger partial charge < -0.3 is 9.80 Å². The van der Waals surface area contributed by atoms with Gasteiger partial charge in [-0.15, -0.1) is 5.10 Å². The van der Waals surface area contributed by atoms with E-state index in [-0.39, 0.29) is 5.78 Å². The van der Waals surface area contributed by atoms with Crippen molar-refractivity contribution in [2.75, 3.05) is 36.0 Å². The number of fused-ring (bicyclic) bond motifs is 1. The van der Waals surface area contributed by atoms with Crippen LogP contribution in [-0.4, -0.2) is 55.7 Å². The molecule has 0 N–H and O–H groups in total. The van der Waals surface area contributed by atoms with Crippen molar-refractivity contribution in [3.05, 3.63) is 35.0 Å². The van der Waals surface area contributed by atoms with Crippen LogP contribution in [0.25, 0.3) is 5.78 Å². The van der Waals surface area contributed by atoms with Crippen LogP contribution in [0.1, 0.15) is 22.9 Å². The van der Waals surface area contributed by atoms with E-state index in [9.17, 15) is 13.2 Å². The maximum atomic E-state index is 13.0. The summed E-state index contributed by atoms with van der Waals surface area (Å²) in [6.45, 7) is 8.05. The molecule has 0 atom stereocenters. The Bertz CT molecular complexity index is 1000. The van der Waals surface area contributed by atoms with Crippen LogP contribution < -0.4 is 9.80 Å². The molecule has 8 nitrogen and oxygen atoms in total. The summed E-state index contributed by atoms with van der Waals surface area (Å²) in [4.78, 5) is 20.6. The molecule has 0 aliphatic carbocycles. The Balaban J connectivity index is 1.60. The van der Waals surface area contributed by atoms with Gasteiger partial charge in [0.2, 0.25) is 5.95 Å². The lowest BCUT2D eigenvalue weighted by Crippen LogP contribution is -2.47. The second-order valence-corrected chi connectivity index (χ2v) is 6.83. The standard InChI is InChI=1S/C17H19F3N8/c1-10-8-11(2)22-15(21-10)27-6-4-26(5-7-27)13-9-12(3)23-16-24-14(17(18,19)20)25-28(13)16/h8-9H,4-7H2,1-3H3. The molecule has 1 fully saturated rings. The molecule has 1 aliphatic heterocycles. The zero-order valence-electron chi connectivity index (χ0n) is 15.7. The zero-order chi connectivity index (χ0) is 20.1. The molecule has 3 aromatic heterocycles. The number of hydrogen-bond acceptors (Lipinski definition) is 7. The lowest BCUT2D eigenvalue weighted by molar-refractivity contribution is -0.144. The number of halogens is 3. The zero-order valence-corrected chi connectivity index (χ0v) is 15.7. The fraction of sp³-hybridized carbons (Fsp3) is 0.471. The molecule has 0 saturated carbocycles. The number of piperazine rings is 1. The predicted molar refractivity (Wildman–Crippen MR) is 96.5 cm³/mol. The van der Waals surface area contributed by atoms with Gasteiger partial charge in [0, 0.05) is 49.3 Å². The van der Waals surface area contributed by atoms with Crippen LogP contribution >= 0.6 is 0 Å². The Kier molecular flexibility index (Phi) is 4.31. The molecule has 4 rings (SSSR count). The average molecular weight is 392 g/mol. The maximum absolute atomic E-state index is 13.0. The van der Waals surface area contributed by atoms with E-state index in [2.05, 4.69) is 29.9 Å². The van der Waals surface area contributed by atoms with E-state index in [1.165, 1.54) is 4.52 Å². The van der Waals surface area contributed by atoms with Crippen molar-refractivity contribution in [2.45, 2.75) is 26.9 Å². The van der Waals surface area contributed by atoms with Crippen molar-refractivity contribution >= 4 is 17.5 Å². The minimum Gasteiger partial charge on any atom is -0.353 e. The van der Waals surface area contributed by atoms with Gasteiger partial charge in [-0.2, -0.15) is 22.7 Å². The van der Waals surface area contributed by atoms with Gasteiger partial charge >= 0.3 is 6.18 Å². The Hall–Kier alpha value is -2.98. The number of alkyl halides is 3. The number of anilines is 2. The molecule has 0 unspecified atom stereocenters. The molecule has 0 radical (unpaired) electrons. The van der Waals surface area contributed by atoms with Crippen molar-refractivity contribution in [3.8, 4) is 0 Å². The minimum atomic E-state index is -4.61. The summed E-state index contributed by atoms with van der Waals surface area (Å²) < 4.78 is 40.2. The average Bonchev–Trinajstić information content (AvgIpc) is 3.04. The van der Waals surface area contributed by atoms with E-state index in [4.69, 9.17) is 0 Å². The van der Waals surface area contributed by atoms with Gasteiger partial charge in [-0.3, -0.25) is 0 Å². The Morgan fingerprint density at radius 2 is 1.36 bits per heavy atom. The van der Waals surface area contributed by atoms with Gasteiger partial charge in [-0.25, -0.2) is 15.0 Å². The fourth-order valence-electron chi connectivity index (χ4n) is 3.30. The van der Waals surface area contributed by atoms with Gasteiger partial charge in [0.25, 0.3) is 11.6 Å². The smallest absolute Gasteiger partial charge is 0.353 e. The van der Waals surface area contributed by atoms with Gasteiger partial charge in [0.15, 0.2) is 0 Å². The van der Waals surface area contributed by atoms with Gasteiger partial charge in [0.05, 0.1) is 0 Å². The molecule has 0 amide bonds. The SMILES string of the molecule is Cc1cc(C)nc(N2CCN(c3cc(C)nc4nc(C(F)(F)F)nn34)CC2)n1. The Labute approximate surface area is 159 Å². The van der Waals surface area contributed by atoms with Crippen LogP contribution in [0.5, 0.6) is 0 Å². The summed E-state index contributed by atoms with van der Waals surface area (Å²) in [5.74, 6) is -0.0173. The van der Waals surface area contributed by atoms with Gasteiger partial charge in [0.1, 0.15) is 5.82 Å². The van der Waals surface area contributed by atoms with Crippen molar-refractivity contribution < 1.29 is 13.2 Å². The summed E-state index contributed by atoms with van der Waals surface area (Å²) in [6, 6.07) is 3.64. The van der Waals surface area contributed by atoms with E-state index >= 15 is 0 Å². The second kappa shape index (κ2) is 6.57. The molecule has 0 aromatic carbocycles. The molecular formula is C17H19F3N8. The largest absolute Gasteiger partial charge is 0.453 e. The summed E-state index contributed by atoms with van der Waals surface area (Å²) in [6.07, 6.45) is -4.61. The number of rotatable bonds is 2. The molecule has 148 valence electrons. The molecule has 11 heteroatoms. The molecule has 3 aromatic rings. The van der Waals surface area contributed by atoms with Crippen molar-refractivity contribution in [1.29, 1.82) is 0 Å². The number of aryl methyl sites for hydroxylation is 3. The first-order chi connectivity index (χ1) is 13.2. The van der Waals surface area contributed by atoms with Gasteiger partial charge in [-0.05, 0) is 26.8 Å². The molecular weight excluding hydrogens is 373 g/mol. The Morgan fingerprint density at radius 1 is 0.786 bits per heavy atom. The van der Waals surface area contributed by atoms with E-state index < -0.39 is 12.0 Å². The predicted octanol–water partition coefficient (Wildman–Crippen LogP) is 2.18. The van der Waals surface area contributed by atoms with Crippen LogP contribution in [0.3, 0.4) is 0 Å². The van der Waals surface area contributed by atoms with Crippen LogP contribution in [0.4, 0.5) is 24.9 Å². The molecule has 1 aliphatic rings. The van der Waals surface area contributed by atoms with Crippen LogP contribution in [0, 0.1) is 20.8 Å². The van der Waals surface area contributed by atoms with Gasteiger partial charge in [-0.1, -0.05) is 0 Å². The first kappa shape index (κ1) is 18.4. The van der Waals surface area contributed by atoms with E-state index in [1.54, 1.807) is 13.0 Å². The highest BCUT2D eigenvalue weighted by molar-refractivity contribution is 5.49. The number of hydrogen-bond donors (Lipinski definition) is 0. The highest BCUT2D eigenvalue weighted by Crippen LogP contribution is 2.28. The van der Waals surface area contributed by atoms with Crippen molar-refractivity contribution in [1.82, 2.24) is 29.5 Å². The monoisotopic (exact) mass is 392 g/mol. The summed E-state index contributed by atoms with van der Waals surface area (Å²) in [7, 11) is 0. The first-order valence-electron chi connectivity index (χ1n) is 8.84. The fourth-order valence-corrected chi connectivity index (χ4v) is 3.30. The topological polar surface area (TPSA) is 75.3 Å². The highest BCUT2D eigenvalue weighted by Gasteiger charge is 2.37. The molecule has 0 bridgehead atoms. The van der Waals surface area contributed by atoms with E-state index in [1.807, 2.05) is 24.8 Å². The summed E-state index contributed by atoms with van der Waals surface area (Å²) in [5.41, 5.74) is 2.39. The lowest BCUT2D eigenvalue weighted by atomic mass is 10.3. The van der Waals surface area contributed by atoms with E-state index in [0.29, 0.717) is 43.6 Å². The lowest BCUT2D eigenvalue weighted by Gasteiger charge is -2.36. The second-order valence-electron chi connectivity index (χ2n) is 6.83. The quantitative estimate of drug-likeness (QED) is 0.662. The number of aromatic nitrogens is 6. The van der Waals surface area contributed by atoms with Crippen LogP contribution in [0.15, 0.2) is 12.1 Å². The number of nitrogens with zero attached hydrogens (tertiary/aromatic N) is 8. The minimum absolute atomic E-state index is 0.0533. The third-order valence-electron chi connectivity index (χ3n) is 4.53.